The molecule has 0 N–H and O–H groups in total. The van der Waals surface area contributed by atoms with Crippen molar-refractivity contribution in [3.05, 3.63) is 107 Å². The molecule has 2 nitrogen and oxygen atoms in total. The van der Waals surface area contributed by atoms with Crippen molar-refractivity contribution in [3.63, 3.8) is 0 Å². The zero-order valence-electron chi connectivity index (χ0n) is 19.6. The molecule has 3 atom stereocenters. The van der Waals surface area contributed by atoms with E-state index in [0.717, 1.165) is 24.7 Å². The molecule has 3 aromatic carbocycles. The number of hydrogen-bond donors (Lipinski definition) is 0. The fourth-order valence-corrected chi connectivity index (χ4v) is 6.28. The molecule has 0 saturated carbocycles. The van der Waals surface area contributed by atoms with Crippen LogP contribution in [0.1, 0.15) is 48.3 Å². The van der Waals surface area contributed by atoms with Crippen LogP contribution >= 0.6 is 11.6 Å². The van der Waals surface area contributed by atoms with E-state index in [1.807, 2.05) is 12.1 Å². The Morgan fingerprint density at radius 3 is 2.06 bits per heavy atom. The maximum atomic E-state index is 6.51. The van der Waals surface area contributed by atoms with E-state index in [9.17, 15) is 0 Å². The molecule has 0 radical (unpaired) electrons. The van der Waals surface area contributed by atoms with Gasteiger partial charge in [-0.15, -0.1) is 0 Å². The van der Waals surface area contributed by atoms with Crippen LogP contribution in [0.3, 0.4) is 0 Å². The molecule has 0 aromatic heterocycles. The molecule has 0 spiro atoms. The Bertz CT molecular complexity index is 1010. The van der Waals surface area contributed by atoms with Gasteiger partial charge in [0.2, 0.25) is 0 Å². The molecule has 33 heavy (non-hydrogen) atoms. The van der Waals surface area contributed by atoms with Crippen LogP contribution in [-0.4, -0.2) is 42.0 Å². The second-order valence-corrected chi connectivity index (χ2v) is 10.3. The van der Waals surface area contributed by atoms with Crippen LogP contribution in [0.5, 0.6) is 0 Å². The molecule has 5 rings (SSSR count). The number of nitrogens with zero attached hydrogens (tertiary/aromatic N) is 2. The molecule has 3 aromatic rings. The lowest BCUT2D eigenvalue weighted by atomic mass is 9.82. The van der Waals surface area contributed by atoms with Crippen molar-refractivity contribution in [2.24, 2.45) is 5.92 Å². The number of hydrogen-bond acceptors (Lipinski definition) is 2. The Morgan fingerprint density at radius 1 is 0.788 bits per heavy atom. The third-order valence-electron chi connectivity index (χ3n) is 8.02. The average molecular weight is 459 g/mol. The average Bonchev–Trinajstić information content (AvgIpc) is 3.30. The van der Waals surface area contributed by atoms with Gasteiger partial charge in [0.15, 0.2) is 0 Å². The van der Waals surface area contributed by atoms with E-state index in [-0.39, 0.29) is 0 Å². The van der Waals surface area contributed by atoms with Gasteiger partial charge in [-0.25, -0.2) is 0 Å². The standard InChI is InChI=1S/C30H35ClN2/c1-23(33-18-16-25(17-19-33)24-10-4-2-5-11-24)28-21-32(20-27-14-8-9-15-30(27)31)22-29(28)26-12-6-3-7-13-26/h2-15,23,25,28-29H,16-22H2,1H3. The summed E-state index contributed by atoms with van der Waals surface area (Å²) in [6.07, 6.45) is 2.53. The summed E-state index contributed by atoms with van der Waals surface area (Å²) < 4.78 is 0. The lowest BCUT2D eigenvalue weighted by Gasteiger charge is -2.40. The Labute approximate surface area is 204 Å². The second-order valence-electron chi connectivity index (χ2n) is 9.93. The predicted octanol–water partition coefficient (Wildman–Crippen LogP) is 6.82. The summed E-state index contributed by atoms with van der Waals surface area (Å²) in [5.74, 6) is 1.90. The molecular weight excluding hydrogens is 424 g/mol. The summed E-state index contributed by atoms with van der Waals surface area (Å²) in [4.78, 5) is 5.38. The van der Waals surface area contributed by atoms with Gasteiger partial charge >= 0.3 is 0 Å². The Hall–Kier alpha value is -2.13. The molecule has 2 aliphatic heterocycles. The van der Waals surface area contributed by atoms with Gasteiger partial charge in [-0.2, -0.15) is 0 Å². The van der Waals surface area contributed by atoms with Crippen molar-refractivity contribution >= 4 is 11.6 Å². The van der Waals surface area contributed by atoms with Gasteiger partial charge in [-0.1, -0.05) is 90.5 Å². The van der Waals surface area contributed by atoms with Gasteiger partial charge in [0.1, 0.15) is 0 Å². The van der Waals surface area contributed by atoms with Crippen molar-refractivity contribution in [2.45, 2.75) is 44.2 Å². The predicted molar refractivity (Wildman–Crippen MR) is 139 cm³/mol. The molecule has 172 valence electrons. The Morgan fingerprint density at radius 2 is 1.39 bits per heavy atom. The van der Waals surface area contributed by atoms with Crippen LogP contribution in [0, 0.1) is 5.92 Å². The van der Waals surface area contributed by atoms with Gasteiger partial charge in [-0.3, -0.25) is 4.90 Å². The second kappa shape index (κ2) is 10.4. The van der Waals surface area contributed by atoms with Crippen molar-refractivity contribution in [1.29, 1.82) is 0 Å². The summed E-state index contributed by atoms with van der Waals surface area (Å²) >= 11 is 6.51. The van der Waals surface area contributed by atoms with Crippen molar-refractivity contribution in [3.8, 4) is 0 Å². The first-order chi connectivity index (χ1) is 16.2. The first-order valence-corrected chi connectivity index (χ1v) is 12.9. The van der Waals surface area contributed by atoms with Gasteiger partial charge in [-0.05, 0) is 67.4 Å². The van der Waals surface area contributed by atoms with E-state index in [4.69, 9.17) is 11.6 Å². The molecule has 2 heterocycles. The Kier molecular flexibility index (Phi) is 7.16. The molecule has 2 saturated heterocycles. The monoisotopic (exact) mass is 458 g/mol. The van der Waals surface area contributed by atoms with Crippen LogP contribution in [0.2, 0.25) is 5.02 Å². The summed E-state index contributed by atoms with van der Waals surface area (Å²) in [5.41, 5.74) is 4.23. The van der Waals surface area contributed by atoms with Crippen LogP contribution in [-0.2, 0) is 6.54 Å². The highest BCUT2D eigenvalue weighted by molar-refractivity contribution is 6.31. The maximum Gasteiger partial charge on any atom is 0.0451 e. The minimum Gasteiger partial charge on any atom is -0.300 e. The largest absolute Gasteiger partial charge is 0.300 e. The summed E-state index contributed by atoms with van der Waals surface area (Å²) in [7, 11) is 0. The highest BCUT2D eigenvalue weighted by Crippen LogP contribution is 2.39. The number of rotatable bonds is 6. The normalized spacial score (nSPS) is 23.6. The third kappa shape index (κ3) is 5.19. The van der Waals surface area contributed by atoms with Gasteiger partial charge in [0.05, 0.1) is 0 Å². The number of halogens is 1. The quantitative estimate of drug-likeness (QED) is 0.399. The number of likely N-dealkylation sites (tertiary alicyclic amines) is 2. The number of piperidine rings is 1. The van der Waals surface area contributed by atoms with E-state index < -0.39 is 0 Å². The summed E-state index contributed by atoms with van der Waals surface area (Å²) in [6.45, 7) is 8.03. The molecule has 2 fully saturated rings. The summed E-state index contributed by atoms with van der Waals surface area (Å²) in [5, 5.41) is 0.883. The van der Waals surface area contributed by atoms with Crippen LogP contribution in [0.15, 0.2) is 84.9 Å². The lowest BCUT2D eigenvalue weighted by Crippen LogP contribution is -2.45. The van der Waals surface area contributed by atoms with E-state index in [1.165, 1.54) is 42.6 Å². The Balaban J connectivity index is 1.29. The number of benzene rings is 3. The SMILES string of the molecule is CC(C1CN(Cc2ccccc2Cl)CC1c1ccccc1)N1CCC(c2ccccc2)CC1. The minimum atomic E-state index is 0.565. The van der Waals surface area contributed by atoms with Crippen LogP contribution in [0.25, 0.3) is 0 Å². The fourth-order valence-electron chi connectivity index (χ4n) is 6.09. The highest BCUT2D eigenvalue weighted by Gasteiger charge is 2.39. The van der Waals surface area contributed by atoms with E-state index >= 15 is 0 Å². The molecule has 3 unspecified atom stereocenters. The van der Waals surface area contributed by atoms with Crippen LogP contribution < -0.4 is 0 Å². The minimum absolute atomic E-state index is 0.565. The smallest absolute Gasteiger partial charge is 0.0451 e. The topological polar surface area (TPSA) is 6.48 Å². The highest BCUT2D eigenvalue weighted by atomic mass is 35.5. The van der Waals surface area contributed by atoms with Crippen LogP contribution in [0.4, 0.5) is 0 Å². The van der Waals surface area contributed by atoms with Gasteiger partial charge in [0, 0.05) is 36.6 Å². The van der Waals surface area contributed by atoms with E-state index in [2.05, 4.69) is 89.5 Å². The first-order valence-electron chi connectivity index (χ1n) is 12.5. The molecule has 0 bridgehead atoms. The lowest BCUT2D eigenvalue weighted by molar-refractivity contribution is 0.115. The van der Waals surface area contributed by atoms with E-state index in [0.29, 0.717) is 23.8 Å². The molecule has 0 amide bonds. The first kappa shape index (κ1) is 22.7. The van der Waals surface area contributed by atoms with Gasteiger partial charge < -0.3 is 4.90 Å². The van der Waals surface area contributed by atoms with Crippen molar-refractivity contribution in [2.75, 3.05) is 26.2 Å². The molecule has 3 heteroatoms. The van der Waals surface area contributed by atoms with Gasteiger partial charge in [0.25, 0.3) is 0 Å². The zero-order valence-corrected chi connectivity index (χ0v) is 20.4. The summed E-state index contributed by atoms with van der Waals surface area (Å²) in [6, 6.07) is 31.1. The zero-order chi connectivity index (χ0) is 22.6. The fraction of sp³-hybridized carbons (Fsp3) is 0.400. The van der Waals surface area contributed by atoms with E-state index in [1.54, 1.807) is 0 Å². The molecular formula is C30H35ClN2. The maximum absolute atomic E-state index is 6.51. The molecule has 0 aliphatic carbocycles. The third-order valence-corrected chi connectivity index (χ3v) is 8.39. The van der Waals surface area contributed by atoms with Crippen molar-refractivity contribution in [1.82, 2.24) is 9.80 Å². The van der Waals surface area contributed by atoms with Crippen molar-refractivity contribution < 1.29 is 0 Å². The molecule has 2 aliphatic rings.